The molecule has 27 heavy (non-hydrogen) atoms. The van der Waals surface area contributed by atoms with Crippen LogP contribution in [0.4, 0.5) is 4.39 Å². The predicted molar refractivity (Wildman–Crippen MR) is 103 cm³/mol. The summed E-state index contributed by atoms with van der Waals surface area (Å²) in [6, 6.07) is 4.73. The zero-order valence-electron chi connectivity index (χ0n) is 15.5. The van der Waals surface area contributed by atoms with Crippen molar-refractivity contribution < 1.29 is 17.6 Å². The lowest BCUT2D eigenvalue weighted by Crippen LogP contribution is -2.53. The number of piperidine rings is 1. The molecule has 7 heteroatoms. The number of halogens is 1. The van der Waals surface area contributed by atoms with Crippen molar-refractivity contribution in [2.24, 2.45) is 0 Å². The summed E-state index contributed by atoms with van der Waals surface area (Å²) in [4.78, 5) is 18.0. The minimum atomic E-state index is -3.44. The van der Waals surface area contributed by atoms with Gasteiger partial charge in [-0.2, -0.15) is 0 Å². The molecule has 1 amide bonds. The van der Waals surface area contributed by atoms with Crippen LogP contribution in [0.1, 0.15) is 50.0 Å². The molecule has 0 atom stereocenters. The monoisotopic (exact) mass is 392 g/mol. The molecule has 2 heterocycles. The molecule has 0 unspecified atom stereocenters. The Morgan fingerprint density at radius 1 is 1.22 bits per heavy atom. The fraction of sp³-hybridized carbons (Fsp3) is 0.550. The highest BCUT2D eigenvalue weighted by atomic mass is 32.2. The number of H-pyrrole nitrogens is 1. The van der Waals surface area contributed by atoms with Gasteiger partial charge < -0.3 is 9.88 Å². The Labute approximate surface area is 158 Å². The number of nitrogens with zero attached hydrogens (tertiary/aromatic N) is 1. The largest absolute Gasteiger partial charge is 0.361 e. The number of amides is 1. The molecule has 2 aliphatic rings. The number of aromatic amines is 1. The molecule has 0 radical (unpaired) electrons. The third-order valence-corrected chi connectivity index (χ3v) is 8.41. The average Bonchev–Trinajstić information content (AvgIpc) is 3.28. The van der Waals surface area contributed by atoms with Crippen LogP contribution in [0.25, 0.3) is 10.9 Å². The minimum absolute atomic E-state index is 0.217. The summed E-state index contributed by atoms with van der Waals surface area (Å²) >= 11 is 0. The van der Waals surface area contributed by atoms with Crippen molar-refractivity contribution in [1.29, 1.82) is 0 Å². The molecule has 0 bridgehead atoms. The molecule has 2 aromatic rings. The molecule has 4 rings (SSSR count). The number of hydrogen-bond acceptors (Lipinski definition) is 3. The molecular formula is C20H25FN2O3S. The lowest BCUT2D eigenvalue weighted by Gasteiger charge is -2.37. The van der Waals surface area contributed by atoms with E-state index >= 15 is 0 Å². The van der Waals surface area contributed by atoms with E-state index in [9.17, 15) is 17.6 Å². The second kappa shape index (κ2) is 6.62. The lowest BCUT2D eigenvalue weighted by molar-refractivity contribution is -0.135. The van der Waals surface area contributed by atoms with Crippen molar-refractivity contribution in [3.63, 3.8) is 0 Å². The maximum Gasteiger partial charge on any atom is 0.244 e. The van der Waals surface area contributed by atoms with Crippen molar-refractivity contribution in [3.8, 4) is 0 Å². The maximum atomic E-state index is 13.6. The van der Waals surface area contributed by atoms with Crippen LogP contribution in [-0.4, -0.2) is 48.3 Å². The van der Waals surface area contributed by atoms with Gasteiger partial charge in [-0.05, 0) is 55.4 Å². The number of likely N-dealkylation sites (tertiary alicyclic amines) is 1. The van der Waals surface area contributed by atoms with Gasteiger partial charge in [-0.15, -0.1) is 0 Å². The second-order valence-corrected chi connectivity index (χ2v) is 10.3. The Morgan fingerprint density at radius 2 is 1.89 bits per heavy atom. The van der Waals surface area contributed by atoms with Gasteiger partial charge in [0.2, 0.25) is 5.91 Å². The summed E-state index contributed by atoms with van der Waals surface area (Å²) in [5.74, 6) is -0.236. The smallest absolute Gasteiger partial charge is 0.244 e. The molecule has 1 aliphatic heterocycles. The number of sulfone groups is 1. The third-order valence-electron chi connectivity index (χ3n) is 6.41. The first-order valence-electron chi connectivity index (χ1n) is 9.57. The van der Waals surface area contributed by atoms with Gasteiger partial charge in [0.05, 0.1) is 0 Å². The van der Waals surface area contributed by atoms with Crippen LogP contribution in [0.5, 0.6) is 0 Å². The molecule has 1 saturated carbocycles. The van der Waals surface area contributed by atoms with Gasteiger partial charge in [-0.25, -0.2) is 12.8 Å². The zero-order valence-corrected chi connectivity index (χ0v) is 16.3. The molecule has 1 aromatic carbocycles. The number of fused-ring (bicyclic) bond motifs is 1. The highest BCUT2D eigenvalue weighted by Gasteiger charge is 2.52. The molecule has 5 nitrogen and oxygen atoms in total. The van der Waals surface area contributed by atoms with Crippen LogP contribution < -0.4 is 0 Å². The molecule has 1 aromatic heterocycles. The van der Waals surface area contributed by atoms with Gasteiger partial charge in [0, 0.05) is 36.4 Å². The summed E-state index contributed by atoms with van der Waals surface area (Å²) in [6.07, 6.45) is 7.10. The van der Waals surface area contributed by atoms with Crippen LogP contribution in [0.2, 0.25) is 0 Å². The van der Waals surface area contributed by atoms with E-state index < -0.39 is 14.6 Å². The SMILES string of the molecule is CS(=O)(=O)C1(C(=O)N2CCC(c3c[nH]c4ccc(F)cc34)CC2)CCCC1. The van der Waals surface area contributed by atoms with E-state index in [1.165, 1.54) is 12.3 Å². The number of hydrogen-bond donors (Lipinski definition) is 1. The van der Waals surface area contributed by atoms with E-state index in [0.29, 0.717) is 25.9 Å². The van der Waals surface area contributed by atoms with Crippen LogP contribution >= 0.6 is 0 Å². The van der Waals surface area contributed by atoms with Crippen molar-refractivity contribution in [1.82, 2.24) is 9.88 Å². The van der Waals surface area contributed by atoms with Crippen molar-refractivity contribution in [2.45, 2.75) is 49.2 Å². The minimum Gasteiger partial charge on any atom is -0.361 e. The summed E-state index contributed by atoms with van der Waals surface area (Å²) in [7, 11) is -3.44. The third kappa shape index (κ3) is 3.06. The van der Waals surface area contributed by atoms with E-state index in [4.69, 9.17) is 0 Å². The molecule has 1 saturated heterocycles. The number of carbonyl (C=O) groups excluding carboxylic acids is 1. The lowest BCUT2D eigenvalue weighted by atomic mass is 9.88. The number of aromatic nitrogens is 1. The van der Waals surface area contributed by atoms with Gasteiger partial charge in [-0.3, -0.25) is 4.79 Å². The van der Waals surface area contributed by atoms with Gasteiger partial charge in [0.15, 0.2) is 14.6 Å². The zero-order chi connectivity index (χ0) is 19.2. The average molecular weight is 392 g/mol. The fourth-order valence-corrected chi connectivity index (χ4v) is 6.30. The molecule has 1 aliphatic carbocycles. The van der Waals surface area contributed by atoms with E-state index in [2.05, 4.69) is 4.98 Å². The van der Waals surface area contributed by atoms with E-state index in [1.54, 1.807) is 17.0 Å². The standard InChI is InChI=1S/C20H25FN2O3S/c1-27(25,26)20(8-2-3-9-20)19(24)23-10-6-14(7-11-23)17-13-22-18-5-4-15(21)12-16(17)18/h4-5,12-14,22H,2-3,6-11H2,1H3. The number of carbonyl (C=O) groups is 1. The highest BCUT2D eigenvalue weighted by Crippen LogP contribution is 2.40. The van der Waals surface area contributed by atoms with Crippen LogP contribution in [0.15, 0.2) is 24.4 Å². The van der Waals surface area contributed by atoms with Crippen molar-refractivity contribution in [3.05, 3.63) is 35.8 Å². The van der Waals surface area contributed by atoms with E-state index in [0.717, 1.165) is 42.1 Å². The Morgan fingerprint density at radius 3 is 2.52 bits per heavy atom. The Hall–Kier alpha value is -1.89. The summed E-state index contributed by atoms with van der Waals surface area (Å²) in [6.45, 7) is 1.09. The normalized spacial score (nSPS) is 21.0. The number of rotatable bonds is 3. The Bertz CT molecular complexity index is 968. The first kappa shape index (κ1) is 18.5. The molecule has 1 N–H and O–H groups in total. The van der Waals surface area contributed by atoms with Crippen molar-refractivity contribution >= 4 is 26.6 Å². The van der Waals surface area contributed by atoms with Crippen LogP contribution in [0, 0.1) is 5.82 Å². The van der Waals surface area contributed by atoms with Gasteiger partial charge >= 0.3 is 0 Å². The van der Waals surface area contributed by atoms with Gasteiger partial charge in [0.25, 0.3) is 0 Å². The first-order chi connectivity index (χ1) is 12.8. The van der Waals surface area contributed by atoms with Gasteiger partial charge in [0.1, 0.15) is 5.82 Å². The quantitative estimate of drug-likeness (QED) is 0.871. The second-order valence-electron chi connectivity index (χ2n) is 7.97. The molecule has 0 spiro atoms. The van der Waals surface area contributed by atoms with Crippen molar-refractivity contribution in [2.75, 3.05) is 19.3 Å². The fourth-order valence-electron chi connectivity index (χ4n) is 4.82. The molecule has 2 fully saturated rings. The van der Waals surface area contributed by atoms with E-state index in [-0.39, 0.29) is 17.6 Å². The van der Waals surface area contributed by atoms with Gasteiger partial charge in [-0.1, -0.05) is 12.8 Å². The number of benzene rings is 1. The number of nitrogens with one attached hydrogen (secondary N) is 1. The molecule has 146 valence electrons. The van der Waals surface area contributed by atoms with Crippen LogP contribution in [-0.2, 0) is 14.6 Å². The Balaban J connectivity index is 1.52. The predicted octanol–water partition coefficient (Wildman–Crippen LogP) is 3.37. The topological polar surface area (TPSA) is 70.2 Å². The maximum absolute atomic E-state index is 13.6. The summed E-state index contributed by atoms with van der Waals surface area (Å²) in [5, 5.41) is 0.892. The Kier molecular flexibility index (Phi) is 4.53. The van der Waals surface area contributed by atoms with E-state index in [1.807, 2.05) is 6.20 Å². The molecular weight excluding hydrogens is 367 g/mol. The first-order valence-corrected chi connectivity index (χ1v) is 11.5. The summed E-state index contributed by atoms with van der Waals surface area (Å²) in [5.41, 5.74) is 1.99. The highest BCUT2D eigenvalue weighted by molar-refractivity contribution is 7.92. The summed E-state index contributed by atoms with van der Waals surface area (Å²) < 4.78 is 37.2. The van der Waals surface area contributed by atoms with Crippen LogP contribution in [0.3, 0.4) is 0 Å².